The van der Waals surface area contributed by atoms with E-state index in [2.05, 4.69) is 18.7 Å². The van der Waals surface area contributed by atoms with Crippen molar-refractivity contribution in [2.75, 3.05) is 33.6 Å². The number of hydrogen-bond donors (Lipinski definition) is 0. The fourth-order valence-electron chi connectivity index (χ4n) is 1.16. The highest BCUT2D eigenvalue weighted by Crippen LogP contribution is 2.48. The van der Waals surface area contributed by atoms with Gasteiger partial charge in [-0.15, -0.1) is 0 Å². The predicted octanol–water partition coefficient (Wildman–Crippen LogP) is 3.45. The quantitative estimate of drug-likeness (QED) is 0.446. The molecule has 0 saturated carbocycles. The van der Waals surface area contributed by atoms with Crippen LogP contribution in [0.15, 0.2) is 0 Å². The minimum absolute atomic E-state index is 0.730. The fourth-order valence-corrected chi connectivity index (χ4v) is 4.05. The van der Waals surface area contributed by atoms with Crippen molar-refractivity contribution in [3.05, 3.63) is 0 Å². The van der Waals surface area contributed by atoms with Crippen molar-refractivity contribution in [3.8, 4) is 0 Å². The van der Waals surface area contributed by atoms with Gasteiger partial charge in [0.05, 0.1) is 19.5 Å². The molecule has 98 valence electrons. The topological polar surface area (TPSA) is 21.7 Å². The molecule has 0 aromatic carbocycles. The summed E-state index contributed by atoms with van der Waals surface area (Å²) in [5.41, 5.74) is 0. The minimum Gasteiger partial charge on any atom is -0.328 e. The Balaban J connectivity index is 4.08. The highest BCUT2D eigenvalue weighted by atomic mass is 32.5. The molecular formula is C11H26NO2PS. The summed E-state index contributed by atoms with van der Waals surface area (Å²) in [6.45, 7) is 3.68. The van der Waals surface area contributed by atoms with E-state index in [-0.39, 0.29) is 0 Å². The van der Waals surface area contributed by atoms with Crippen molar-refractivity contribution >= 4 is 18.3 Å². The molecule has 0 spiro atoms. The van der Waals surface area contributed by atoms with Gasteiger partial charge in [0, 0.05) is 0 Å². The molecule has 0 aliphatic rings. The van der Waals surface area contributed by atoms with Gasteiger partial charge < -0.3 is 13.9 Å². The average molecular weight is 267 g/mol. The van der Waals surface area contributed by atoms with Crippen LogP contribution in [0.4, 0.5) is 0 Å². The molecule has 3 nitrogen and oxygen atoms in total. The Morgan fingerprint density at radius 1 is 1.00 bits per heavy atom. The van der Waals surface area contributed by atoms with Gasteiger partial charge in [-0.05, 0) is 38.7 Å². The first kappa shape index (κ1) is 16.5. The first-order valence-corrected chi connectivity index (χ1v) is 8.89. The Hall–Kier alpha value is 0.530. The number of unbranched alkanes of at least 4 members (excludes halogenated alkanes) is 2. The van der Waals surface area contributed by atoms with Crippen LogP contribution in [0.25, 0.3) is 0 Å². The van der Waals surface area contributed by atoms with Crippen LogP contribution in [0.3, 0.4) is 0 Å². The van der Waals surface area contributed by atoms with Crippen LogP contribution < -0.4 is 0 Å². The van der Waals surface area contributed by atoms with Crippen molar-refractivity contribution in [2.45, 2.75) is 39.5 Å². The normalized spacial score (nSPS) is 12.3. The summed E-state index contributed by atoms with van der Waals surface area (Å²) in [5, 5.41) is 0. The maximum absolute atomic E-state index is 5.79. The third-order valence-corrected chi connectivity index (χ3v) is 5.07. The molecule has 0 aromatic rings. The zero-order valence-electron chi connectivity index (χ0n) is 11.1. The maximum Gasteiger partial charge on any atom is 0.202 e. The summed E-state index contributed by atoms with van der Waals surface area (Å²) in [4.78, 5) is 2.05. The van der Waals surface area contributed by atoms with E-state index >= 15 is 0 Å². The van der Waals surface area contributed by atoms with E-state index in [0.717, 1.165) is 45.2 Å². The number of rotatable bonds is 10. The van der Waals surface area contributed by atoms with Crippen LogP contribution in [-0.2, 0) is 20.9 Å². The van der Waals surface area contributed by atoms with Crippen LogP contribution in [0.2, 0.25) is 0 Å². The lowest BCUT2D eigenvalue weighted by Crippen LogP contribution is -2.16. The van der Waals surface area contributed by atoms with Crippen molar-refractivity contribution < 1.29 is 9.05 Å². The average Bonchev–Trinajstić information content (AvgIpc) is 2.17. The molecule has 0 bridgehead atoms. The van der Waals surface area contributed by atoms with Gasteiger partial charge >= 0.3 is 0 Å². The van der Waals surface area contributed by atoms with Crippen LogP contribution in [-0.4, -0.2) is 38.5 Å². The molecule has 5 heteroatoms. The van der Waals surface area contributed by atoms with Gasteiger partial charge in [-0.1, -0.05) is 26.7 Å². The largest absolute Gasteiger partial charge is 0.328 e. The molecule has 0 amide bonds. The highest BCUT2D eigenvalue weighted by Gasteiger charge is 2.19. The smallest absolute Gasteiger partial charge is 0.202 e. The molecule has 0 radical (unpaired) electrons. The molecule has 0 atom stereocenters. The minimum atomic E-state index is -2.08. The van der Waals surface area contributed by atoms with E-state index in [9.17, 15) is 0 Å². The van der Waals surface area contributed by atoms with E-state index in [1.54, 1.807) is 0 Å². The van der Waals surface area contributed by atoms with E-state index in [0.29, 0.717) is 0 Å². The second-order valence-corrected chi connectivity index (χ2v) is 7.90. The third kappa shape index (κ3) is 8.66. The maximum atomic E-state index is 5.79. The summed E-state index contributed by atoms with van der Waals surface area (Å²) >= 11 is 5.53. The van der Waals surface area contributed by atoms with Crippen LogP contribution in [0.5, 0.6) is 0 Å². The lowest BCUT2D eigenvalue weighted by atomic mass is 10.4. The van der Waals surface area contributed by atoms with E-state index in [1.807, 2.05) is 14.1 Å². The van der Waals surface area contributed by atoms with E-state index in [1.165, 1.54) is 0 Å². The molecule has 0 aliphatic heterocycles. The zero-order chi connectivity index (χ0) is 12.4. The van der Waals surface area contributed by atoms with Gasteiger partial charge in [0.2, 0.25) is 6.49 Å². The third-order valence-electron chi connectivity index (χ3n) is 2.03. The number of nitrogens with zero attached hydrogens (tertiary/aromatic N) is 1. The first-order chi connectivity index (χ1) is 7.54. The van der Waals surface area contributed by atoms with E-state index < -0.39 is 6.49 Å². The van der Waals surface area contributed by atoms with Gasteiger partial charge in [0.15, 0.2) is 0 Å². The Morgan fingerprint density at radius 3 is 1.75 bits per heavy atom. The number of hydrogen-bond acceptors (Lipinski definition) is 4. The Labute approximate surface area is 106 Å². The molecule has 0 unspecified atom stereocenters. The molecule has 0 aromatic heterocycles. The van der Waals surface area contributed by atoms with Crippen molar-refractivity contribution in [1.82, 2.24) is 4.90 Å². The van der Waals surface area contributed by atoms with Crippen LogP contribution in [0, 0.1) is 0 Å². The molecular weight excluding hydrogens is 241 g/mol. The van der Waals surface area contributed by atoms with Crippen molar-refractivity contribution in [2.24, 2.45) is 0 Å². The summed E-state index contributed by atoms with van der Waals surface area (Å²) in [6.07, 6.45) is 5.11. The van der Waals surface area contributed by atoms with Crippen LogP contribution >= 0.6 is 6.49 Å². The summed E-state index contributed by atoms with van der Waals surface area (Å²) in [7, 11) is 4.01. The lowest BCUT2D eigenvalue weighted by molar-refractivity contribution is 0.230. The SMILES string of the molecule is CCCCOP(=S)(CN(C)C)OCCCC. The van der Waals surface area contributed by atoms with Gasteiger partial charge in [0.25, 0.3) is 0 Å². The Morgan fingerprint density at radius 2 is 1.44 bits per heavy atom. The second kappa shape index (κ2) is 9.55. The standard InChI is InChI=1S/C11H26NO2PS/c1-5-7-9-13-15(16,11-12(3)4)14-10-8-6-2/h5-11H2,1-4H3. The van der Waals surface area contributed by atoms with Crippen LogP contribution in [0.1, 0.15) is 39.5 Å². The zero-order valence-corrected chi connectivity index (χ0v) is 12.8. The monoisotopic (exact) mass is 267 g/mol. The molecule has 0 heterocycles. The van der Waals surface area contributed by atoms with Crippen molar-refractivity contribution in [1.29, 1.82) is 0 Å². The van der Waals surface area contributed by atoms with E-state index in [4.69, 9.17) is 20.9 Å². The molecule has 0 aliphatic carbocycles. The van der Waals surface area contributed by atoms with Gasteiger partial charge in [-0.2, -0.15) is 0 Å². The second-order valence-electron chi connectivity index (χ2n) is 4.21. The lowest BCUT2D eigenvalue weighted by Gasteiger charge is -2.25. The summed E-state index contributed by atoms with van der Waals surface area (Å²) in [6, 6.07) is 0. The molecule has 16 heavy (non-hydrogen) atoms. The summed E-state index contributed by atoms with van der Waals surface area (Å²) < 4.78 is 11.6. The summed E-state index contributed by atoms with van der Waals surface area (Å²) in [5.74, 6) is 0. The van der Waals surface area contributed by atoms with Crippen molar-refractivity contribution in [3.63, 3.8) is 0 Å². The highest BCUT2D eigenvalue weighted by molar-refractivity contribution is 8.09. The fraction of sp³-hybridized carbons (Fsp3) is 1.00. The predicted molar refractivity (Wildman–Crippen MR) is 74.6 cm³/mol. The first-order valence-electron chi connectivity index (χ1n) is 6.07. The van der Waals surface area contributed by atoms with Gasteiger partial charge in [-0.3, -0.25) is 0 Å². The molecule has 0 N–H and O–H groups in total. The van der Waals surface area contributed by atoms with Gasteiger partial charge in [0.1, 0.15) is 0 Å². The molecule has 0 rings (SSSR count). The molecule has 0 saturated heterocycles. The Kier molecular flexibility index (Phi) is 9.87. The molecule has 0 fully saturated rings. The Bertz CT molecular complexity index is 198. The van der Waals surface area contributed by atoms with Gasteiger partial charge in [-0.25, -0.2) is 0 Å².